The van der Waals surface area contributed by atoms with Crippen molar-refractivity contribution in [1.29, 1.82) is 0 Å². The summed E-state index contributed by atoms with van der Waals surface area (Å²) < 4.78 is 0. The van der Waals surface area contributed by atoms with Crippen LogP contribution in [0.25, 0.3) is 6.08 Å². The molecule has 0 radical (unpaired) electrons. The second kappa shape index (κ2) is 3.52. The van der Waals surface area contributed by atoms with Crippen LogP contribution in [0.2, 0.25) is 0 Å². The molecule has 1 aliphatic rings. The van der Waals surface area contributed by atoms with E-state index in [9.17, 15) is 0 Å². The highest BCUT2D eigenvalue weighted by atomic mass is 14.3. The largest absolute Gasteiger partial charge is 0.0985 e. The van der Waals surface area contributed by atoms with Crippen LogP contribution >= 0.6 is 0 Å². The number of hydrogen-bond acceptors (Lipinski definition) is 0. The second-order valence-corrected chi connectivity index (χ2v) is 5.62. The monoisotopic (exact) mass is 200 g/mol. The lowest BCUT2D eigenvalue weighted by molar-refractivity contribution is 0.589. The molecule has 0 aromatic heterocycles. The van der Waals surface area contributed by atoms with Crippen molar-refractivity contribution in [2.45, 2.75) is 44.9 Å². The minimum atomic E-state index is 0.239. The van der Waals surface area contributed by atoms with Gasteiger partial charge in [0.2, 0.25) is 0 Å². The van der Waals surface area contributed by atoms with Gasteiger partial charge in [-0.05, 0) is 40.9 Å². The molecule has 2 rings (SSSR count). The van der Waals surface area contributed by atoms with E-state index in [1.54, 1.807) is 0 Å². The maximum absolute atomic E-state index is 3.87. The molecule has 15 heavy (non-hydrogen) atoms. The van der Waals surface area contributed by atoms with E-state index >= 15 is 0 Å². The Bertz CT molecular complexity index is 376. The van der Waals surface area contributed by atoms with Gasteiger partial charge in [0.1, 0.15) is 0 Å². The molecular formula is C15H20. The van der Waals surface area contributed by atoms with Crippen molar-refractivity contribution in [3.8, 4) is 0 Å². The van der Waals surface area contributed by atoms with E-state index in [4.69, 9.17) is 0 Å². The minimum absolute atomic E-state index is 0.239. The molecule has 0 unspecified atom stereocenters. The summed E-state index contributed by atoms with van der Waals surface area (Å²) in [6.45, 7) is 10.7. The van der Waals surface area contributed by atoms with Crippen LogP contribution in [0.5, 0.6) is 0 Å². The van der Waals surface area contributed by atoms with E-state index < -0.39 is 0 Å². The third-order valence-electron chi connectivity index (χ3n) is 3.13. The van der Waals surface area contributed by atoms with Gasteiger partial charge < -0.3 is 0 Å². The highest BCUT2D eigenvalue weighted by molar-refractivity contribution is 5.52. The van der Waals surface area contributed by atoms with E-state index in [0.29, 0.717) is 0 Å². The fourth-order valence-electron chi connectivity index (χ4n) is 1.88. The molecule has 1 fully saturated rings. The van der Waals surface area contributed by atoms with Crippen molar-refractivity contribution in [1.82, 2.24) is 0 Å². The van der Waals surface area contributed by atoms with Gasteiger partial charge in [0.15, 0.2) is 0 Å². The zero-order valence-corrected chi connectivity index (χ0v) is 10.0. The maximum Gasteiger partial charge on any atom is -0.0132 e. The maximum atomic E-state index is 3.87. The van der Waals surface area contributed by atoms with E-state index in [0.717, 1.165) is 5.92 Å². The molecule has 0 bridgehead atoms. The van der Waals surface area contributed by atoms with Gasteiger partial charge in [-0.3, -0.25) is 0 Å². The van der Waals surface area contributed by atoms with Crippen molar-refractivity contribution < 1.29 is 0 Å². The third kappa shape index (κ3) is 2.31. The van der Waals surface area contributed by atoms with Gasteiger partial charge in [0.25, 0.3) is 0 Å². The van der Waals surface area contributed by atoms with Gasteiger partial charge in [-0.2, -0.15) is 0 Å². The highest BCUT2D eigenvalue weighted by Crippen LogP contribution is 2.41. The van der Waals surface area contributed by atoms with E-state index in [-0.39, 0.29) is 5.41 Å². The number of rotatable bonds is 2. The molecule has 0 heteroatoms. The van der Waals surface area contributed by atoms with Crippen LogP contribution in [0.3, 0.4) is 0 Å². The second-order valence-electron chi connectivity index (χ2n) is 5.62. The first-order valence-electron chi connectivity index (χ1n) is 5.78. The first-order valence-corrected chi connectivity index (χ1v) is 5.78. The van der Waals surface area contributed by atoms with Crippen molar-refractivity contribution in [3.63, 3.8) is 0 Å². The highest BCUT2D eigenvalue weighted by Gasteiger charge is 2.25. The predicted octanol–water partition coefficient (Wildman–Crippen LogP) is 4.50. The molecule has 0 atom stereocenters. The number of benzene rings is 1. The summed E-state index contributed by atoms with van der Waals surface area (Å²) in [5.74, 6) is 0.825. The lowest BCUT2D eigenvalue weighted by Gasteiger charge is -2.20. The average Bonchev–Trinajstić information content (AvgIpc) is 2.99. The van der Waals surface area contributed by atoms with Crippen LogP contribution in [0.15, 0.2) is 24.8 Å². The van der Waals surface area contributed by atoms with Gasteiger partial charge in [0.05, 0.1) is 0 Å². The van der Waals surface area contributed by atoms with Gasteiger partial charge in [-0.25, -0.2) is 0 Å². The van der Waals surface area contributed by atoms with Gasteiger partial charge >= 0.3 is 0 Å². The first kappa shape index (κ1) is 10.5. The standard InChI is InChI=1S/C15H20/c1-5-11-8-13(12-6-7-12)10-14(9-11)15(2,3)4/h5,8-10,12H,1,6-7H2,2-4H3. The summed E-state index contributed by atoms with van der Waals surface area (Å²) in [5.41, 5.74) is 4.45. The summed E-state index contributed by atoms with van der Waals surface area (Å²) in [7, 11) is 0. The van der Waals surface area contributed by atoms with Crippen LogP contribution in [0.1, 0.15) is 56.2 Å². The Labute approximate surface area is 93.0 Å². The van der Waals surface area contributed by atoms with E-state index in [2.05, 4.69) is 45.5 Å². The summed E-state index contributed by atoms with van der Waals surface area (Å²) in [5, 5.41) is 0. The van der Waals surface area contributed by atoms with Crippen LogP contribution in [-0.2, 0) is 5.41 Å². The molecule has 0 N–H and O–H groups in total. The van der Waals surface area contributed by atoms with Crippen molar-refractivity contribution in [2.24, 2.45) is 0 Å². The van der Waals surface area contributed by atoms with Crippen LogP contribution in [0, 0.1) is 0 Å². The Balaban J connectivity index is 2.45. The SMILES string of the molecule is C=Cc1cc(C2CC2)cc(C(C)(C)C)c1. The first-order chi connectivity index (χ1) is 7.00. The van der Waals surface area contributed by atoms with E-state index in [1.165, 1.54) is 29.5 Å². The van der Waals surface area contributed by atoms with Gasteiger partial charge in [-0.15, -0.1) is 0 Å². The summed E-state index contributed by atoms with van der Waals surface area (Å²) in [6, 6.07) is 6.93. The Hall–Kier alpha value is -1.04. The number of hydrogen-bond donors (Lipinski definition) is 0. The molecule has 0 amide bonds. The zero-order chi connectivity index (χ0) is 11.1. The van der Waals surface area contributed by atoms with Crippen molar-refractivity contribution in [2.75, 3.05) is 0 Å². The quantitative estimate of drug-likeness (QED) is 0.659. The molecule has 1 aromatic rings. The molecule has 0 heterocycles. The third-order valence-corrected chi connectivity index (χ3v) is 3.13. The fourth-order valence-corrected chi connectivity index (χ4v) is 1.88. The molecule has 0 nitrogen and oxygen atoms in total. The van der Waals surface area contributed by atoms with E-state index in [1.807, 2.05) is 6.08 Å². The van der Waals surface area contributed by atoms with Crippen molar-refractivity contribution in [3.05, 3.63) is 41.5 Å². The fraction of sp³-hybridized carbons (Fsp3) is 0.467. The summed E-state index contributed by atoms with van der Waals surface area (Å²) >= 11 is 0. The Morgan fingerprint density at radius 3 is 2.33 bits per heavy atom. The predicted molar refractivity (Wildman–Crippen MR) is 67.2 cm³/mol. The van der Waals surface area contributed by atoms with Crippen LogP contribution < -0.4 is 0 Å². The summed E-state index contributed by atoms with van der Waals surface area (Å²) in [6.07, 6.45) is 4.69. The Kier molecular flexibility index (Phi) is 2.46. The molecule has 1 aromatic carbocycles. The van der Waals surface area contributed by atoms with Crippen molar-refractivity contribution >= 4 is 6.08 Å². The molecule has 0 saturated heterocycles. The molecule has 1 aliphatic carbocycles. The topological polar surface area (TPSA) is 0 Å². The zero-order valence-electron chi connectivity index (χ0n) is 10.0. The molecule has 80 valence electrons. The van der Waals surface area contributed by atoms with Gasteiger partial charge in [-0.1, -0.05) is 51.6 Å². The lowest BCUT2D eigenvalue weighted by Crippen LogP contribution is -2.11. The van der Waals surface area contributed by atoms with Crippen LogP contribution in [0.4, 0.5) is 0 Å². The normalized spacial score (nSPS) is 16.5. The summed E-state index contributed by atoms with van der Waals surface area (Å²) in [4.78, 5) is 0. The molecule has 0 spiro atoms. The lowest BCUT2D eigenvalue weighted by atomic mass is 9.84. The molecular weight excluding hydrogens is 180 g/mol. The minimum Gasteiger partial charge on any atom is -0.0985 e. The Morgan fingerprint density at radius 1 is 1.20 bits per heavy atom. The molecule has 0 aliphatic heterocycles. The van der Waals surface area contributed by atoms with Crippen LogP contribution in [-0.4, -0.2) is 0 Å². The average molecular weight is 200 g/mol. The Morgan fingerprint density at radius 2 is 1.87 bits per heavy atom. The smallest absolute Gasteiger partial charge is 0.0132 e. The molecule has 1 saturated carbocycles. The van der Waals surface area contributed by atoms with Gasteiger partial charge in [0, 0.05) is 0 Å².